The molecule has 0 aromatic heterocycles. The van der Waals surface area contributed by atoms with Gasteiger partial charge in [-0.2, -0.15) is 5.26 Å². The summed E-state index contributed by atoms with van der Waals surface area (Å²) in [6.45, 7) is 5.77. The maximum Gasteiger partial charge on any atom is 0.129 e. The van der Waals surface area contributed by atoms with Crippen LogP contribution in [0.1, 0.15) is 36.9 Å². The molecular weight excluding hydrogens is 227 g/mol. The fraction of sp³-hybridized carbons (Fsp3) is 0.267. The first-order valence-electron chi connectivity index (χ1n) is 5.97. The highest BCUT2D eigenvalue weighted by molar-refractivity contribution is 5.35. The van der Waals surface area contributed by atoms with Crippen LogP contribution >= 0.6 is 0 Å². The van der Waals surface area contributed by atoms with E-state index in [1.807, 2.05) is 24.0 Å². The summed E-state index contributed by atoms with van der Waals surface area (Å²) in [6, 6.07) is 6.59. The highest BCUT2D eigenvalue weighted by Gasteiger charge is 2.28. The number of allylic oxidation sites excluding steroid dienone is 2. The van der Waals surface area contributed by atoms with E-state index in [1.165, 1.54) is 11.8 Å². The summed E-state index contributed by atoms with van der Waals surface area (Å²) in [5.74, 6) is -0.316. The molecule has 0 radical (unpaired) electrons. The van der Waals surface area contributed by atoms with Gasteiger partial charge in [0.1, 0.15) is 5.82 Å². The predicted molar refractivity (Wildman–Crippen MR) is 68.9 cm³/mol. The lowest BCUT2D eigenvalue weighted by atomic mass is 10.0. The second-order valence-corrected chi connectivity index (χ2v) is 4.27. The monoisotopic (exact) mass is 242 g/mol. The van der Waals surface area contributed by atoms with Crippen LogP contribution in [0.4, 0.5) is 4.39 Å². The lowest BCUT2D eigenvalue weighted by molar-refractivity contribution is 0.388. The highest BCUT2D eigenvalue weighted by atomic mass is 19.1. The van der Waals surface area contributed by atoms with E-state index in [1.54, 1.807) is 18.3 Å². The first kappa shape index (κ1) is 12.4. The van der Waals surface area contributed by atoms with Crippen LogP contribution in [-0.2, 0) is 0 Å². The molecule has 92 valence electrons. The molecule has 2 nitrogen and oxygen atoms in total. The van der Waals surface area contributed by atoms with E-state index >= 15 is 0 Å². The summed E-state index contributed by atoms with van der Waals surface area (Å²) in [4.78, 5) is 2.00. The topological polar surface area (TPSA) is 27.0 Å². The van der Waals surface area contributed by atoms with E-state index in [4.69, 9.17) is 5.26 Å². The number of hydrogen-bond acceptors (Lipinski definition) is 2. The second-order valence-electron chi connectivity index (χ2n) is 4.27. The summed E-state index contributed by atoms with van der Waals surface area (Å²) in [7, 11) is 0. The standard InChI is InChI=1S/C15H15FN2/c1-3-12-6-8-15(18(12)4-2)13-7-5-11(10-17)9-14(13)16/h3-5,7,9,15H,2,6,8H2,1H3/b12-3-. The Morgan fingerprint density at radius 2 is 2.33 bits per heavy atom. The summed E-state index contributed by atoms with van der Waals surface area (Å²) in [6.07, 6.45) is 5.56. The molecule has 0 N–H and O–H groups in total. The summed E-state index contributed by atoms with van der Waals surface area (Å²) in [5, 5.41) is 8.74. The van der Waals surface area contributed by atoms with Gasteiger partial charge < -0.3 is 4.90 Å². The van der Waals surface area contributed by atoms with Crippen LogP contribution in [-0.4, -0.2) is 4.90 Å². The van der Waals surface area contributed by atoms with Crippen molar-refractivity contribution in [3.05, 3.63) is 59.7 Å². The van der Waals surface area contributed by atoms with Gasteiger partial charge in [0.15, 0.2) is 0 Å². The Balaban J connectivity index is 2.38. The Hall–Kier alpha value is -2.08. The Kier molecular flexibility index (Phi) is 3.47. The molecule has 0 bridgehead atoms. The third kappa shape index (κ3) is 2.02. The smallest absolute Gasteiger partial charge is 0.129 e. The number of rotatable bonds is 2. The molecule has 0 amide bonds. The van der Waals surface area contributed by atoms with E-state index in [0.717, 1.165) is 12.8 Å². The van der Waals surface area contributed by atoms with Gasteiger partial charge in [-0.05, 0) is 38.1 Å². The van der Waals surface area contributed by atoms with Gasteiger partial charge in [-0.15, -0.1) is 0 Å². The molecule has 3 heteroatoms. The molecule has 0 saturated carbocycles. The van der Waals surface area contributed by atoms with E-state index in [9.17, 15) is 4.39 Å². The first-order chi connectivity index (χ1) is 8.71. The average Bonchev–Trinajstić information content (AvgIpc) is 2.81. The van der Waals surface area contributed by atoms with Crippen LogP contribution in [0.25, 0.3) is 0 Å². The third-order valence-corrected chi connectivity index (χ3v) is 3.36. The van der Waals surface area contributed by atoms with Crippen molar-refractivity contribution in [3.8, 4) is 6.07 Å². The third-order valence-electron chi connectivity index (χ3n) is 3.36. The Bertz CT molecular complexity index is 540. The molecule has 1 fully saturated rings. The van der Waals surface area contributed by atoms with Crippen molar-refractivity contribution in [1.29, 1.82) is 5.26 Å². The number of benzene rings is 1. The molecule has 1 aliphatic rings. The van der Waals surface area contributed by atoms with Crippen LogP contribution in [0, 0.1) is 17.1 Å². The molecule has 1 saturated heterocycles. The number of hydrogen-bond donors (Lipinski definition) is 0. The van der Waals surface area contributed by atoms with Crippen molar-refractivity contribution in [2.45, 2.75) is 25.8 Å². The Labute approximate surface area is 107 Å². The average molecular weight is 242 g/mol. The van der Waals surface area contributed by atoms with Gasteiger partial charge >= 0.3 is 0 Å². The van der Waals surface area contributed by atoms with Gasteiger partial charge in [0.05, 0.1) is 17.7 Å². The summed E-state index contributed by atoms with van der Waals surface area (Å²) >= 11 is 0. The van der Waals surface area contributed by atoms with E-state index < -0.39 is 0 Å². The van der Waals surface area contributed by atoms with Crippen molar-refractivity contribution in [1.82, 2.24) is 4.90 Å². The largest absolute Gasteiger partial charge is 0.345 e. The van der Waals surface area contributed by atoms with E-state index in [2.05, 4.69) is 6.58 Å². The molecule has 1 atom stereocenters. The molecule has 1 heterocycles. The molecule has 0 aliphatic carbocycles. The van der Waals surface area contributed by atoms with Gasteiger partial charge in [-0.3, -0.25) is 0 Å². The van der Waals surface area contributed by atoms with Crippen LogP contribution < -0.4 is 0 Å². The molecule has 1 aromatic carbocycles. The SMILES string of the molecule is C=CN1/C(=C\C)CCC1c1ccc(C#N)cc1F. The maximum absolute atomic E-state index is 14.0. The number of halogens is 1. The fourth-order valence-electron chi connectivity index (χ4n) is 2.46. The minimum absolute atomic E-state index is 0.0126. The van der Waals surface area contributed by atoms with E-state index in [-0.39, 0.29) is 11.9 Å². The number of nitrogens with zero attached hydrogens (tertiary/aromatic N) is 2. The fourth-order valence-corrected chi connectivity index (χ4v) is 2.46. The van der Waals surface area contributed by atoms with Crippen LogP contribution in [0.2, 0.25) is 0 Å². The first-order valence-corrected chi connectivity index (χ1v) is 5.97. The summed E-state index contributed by atoms with van der Waals surface area (Å²) < 4.78 is 14.0. The Morgan fingerprint density at radius 3 is 2.89 bits per heavy atom. The molecule has 2 rings (SSSR count). The molecule has 1 aliphatic heterocycles. The maximum atomic E-state index is 14.0. The van der Waals surface area contributed by atoms with Crippen LogP contribution in [0.15, 0.2) is 42.8 Å². The Morgan fingerprint density at radius 1 is 1.56 bits per heavy atom. The van der Waals surface area contributed by atoms with Gasteiger partial charge in [0.2, 0.25) is 0 Å². The number of likely N-dealkylation sites (tertiary alicyclic amines) is 1. The van der Waals surface area contributed by atoms with E-state index in [0.29, 0.717) is 11.1 Å². The zero-order valence-electron chi connectivity index (χ0n) is 10.4. The van der Waals surface area contributed by atoms with Crippen molar-refractivity contribution >= 4 is 0 Å². The van der Waals surface area contributed by atoms with Gasteiger partial charge in [-0.1, -0.05) is 18.7 Å². The lowest BCUT2D eigenvalue weighted by Crippen LogP contribution is -2.16. The second kappa shape index (κ2) is 5.05. The van der Waals surface area contributed by atoms with Crippen molar-refractivity contribution in [2.75, 3.05) is 0 Å². The minimum Gasteiger partial charge on any atom is -0.345 e. The highest BCUT2D eigenvalue weighted by Crippen LogP contribution is 2.39. The van der Waals surface area contributed by atoms with Crippen LogP contribution in [0.3, 0.4) is 0 Å². The number of nitriles is 1. The normalized spacial score (nSPS) is 21.1. The van der Waals surface area contributed by atoms with Gasteiger partial charge in [-0.25, -0.2) is 4.39 Å². The predicted octanol–water partition coefficient (Wildman–Crippen LogP) is 3.88. The lowest BCUT2D eigenvalue weighted by Gasteiger charge is -2.24. The zero-order chi connectivity index (χ0) is 13.1. The van der Waals surface area contributed by atoms with Crippen molar-refractivity contribution in [2.24, 2.45) is 0 Å². The molecular formula is C15H15FN2. The molecule has 1 aromatic rings. The van der Waals surface area contributed by atoms with Crippen molar-refractivity contribution < 1.29 is 4.39 Å². The summed E-state index contributed by atoms with van der Waals surface area (Å²) in [5.41, 5.74) is 2.15. The van der Waals surface area contributed by atoms with Crippen molar-refractivity contribution in [3.63, 3.8) is 0 Å². The quantitative estimate of drug-likeness (QED) is 0.786. The molecule has 0 spiro atoms. The zero-order valence-corrected chi connectivity index (χ0v) is 10.4. The molecule has 18 heavy (non-hydrogen) atoms. The van der Waals surface area contributed by atoms with Gasteiger partial charge in [0, 0.05) is 11.3 Å². The van der Waals surface area contributed by atoms with Crippen LogP contribution in [0.5, 0.6) is 0 Å². The molecule has 1 unspecified atom stereocenters. The minimum atomic E-state index is -0.316. The van der Waals surface area contributed by atoms with Gasteiger partial charge in [0.25, 0.3) is 0 Å².